The molecule has 1 unspecified atom stereocenters. The molecule has 0 saturated heterocycles. The molecule has 3 heteroatoms. The van der Waals surface area contributed by atoms with Gasteiger partial charge in [-0.2, -0.15) is 0 Å². The van der Waals surface area contributed by atoms with Gasteiger partial charge in [-0.05, 0) is 19.9 Å². The zero-order valence-corrected chi connectivity index (χ0v) is 9.45. The first-order chi connectivity index (χ1) is 6.29. The first-order valence-electron chi connectivity index (χ1n) is 4.88. The van der Waals surface area contributed by atoms with Gasteiger partial charge in [-0.3, -0.25) is 0 Å². The van der Waals surface area contributed by atoms with Crippen molar-refractivity contribution >= 4 is 11.3 Å². The van der Waals surface area contributed by atoms with E-state index in [0.29, 0.717) is 0 Å². The van der Waals surface area contributed by atoms with Gasteiger partial charge in [0.25, 0.3) is 0 Å². The normalized spacial score (nSPS) is 15.6. The maximum atomic E-state index is 4.41. The minimum absolute atomic E-state index is 0.114. The molecule has 0 radical (unpaired) electrons. The van der Waals surface area contributed by atoms with Crippen molar-refractivity contribution in [2.45, 2.75) is 38.6 Å². The fraction of sp³-hybridized carbons (Fsp3) is 0.700. The van der Waals surface area contributed by atoms with Crippen LogP contribution in [0.3, 0.4) is 0 Å². The first-order valence-corrected chi connectivity index (χ1v) is 5.76. The third kappa shape index (κ3) is 2.09. The SMILES string of the molecule is CCCC(CC)(NC)c1nccs1. The Kier molecular flexibility index (Phi) is 3.88. The summed E-state index contributed by atoms with van der Waals surface area (Å²) in [4.78, 5) is 4.41. The van der Waals surface area contributed by atoms with Crippen LogP contribution in [0, 0.1) is 0 Å². The largest absolute Gasteiger partial charge is 0.308 e. The third-order valence-electron chi connectivity index (χ3n) is 2.60. The van der Waals surface area contributed by atoms with Gasteiger partial charge in [-0.1, -0.05) is 20.3 Å². The highest BCUT2D eigenvalue weighted by molar-refractivity contribution is 7.09. The molecule has 0 aromatic carbocycles. The van der Waals surface area contributed by atoms with E-state index in [2.05, 4.69) is 24.1 Å². The van der Waals surface area contributed by atoms with E-state index in [4.69, 9.17) is 0 Å². The van der Waals surface area contributed by atoms with Crippen LogP contribution < -0.4 is 5.32 Å². The topological polar surface area (TPSA) is 24.9 Å². The van der Waals surface area contributed by atoms with Crippen molar-refractivity contribution < 1.29 is 0 Å². The highest BCUT2D eigenvalue weighted by Gasteiger charge is 2.29. The van der Waals surface area contributed by atoms with Crippen LogP contribution in [0.4, 0.5) is 0 Å². The minimum Gasteiger partial charge on any atom is -0.308 e. The van der Waals surface area contributed by atoms with Gasteiger partial charge in [0.2, 0.25) is 0 Å². The number of thiazole rings is 1. The van der Waals surface area contributed by atoms with E-state index in [1.165, 1.54) is 11.4 Å². The van der Waals surface area contributed by atoms with Gasteiger partial charge in [-0.15, -0.1) is 11.3 Å². The van der Waals surface area contributed by atoms with Gasteiger partial charge in [0.05, 0.1) is 5.54 Å². The molecule has 0 aliphatic rings. The average molecular weight is 198 g/mol. The summed E-state index contributed by atoms with van der Waals surface area (Å²) in [5.74, 6) is 0. The van der Waals surface area contributed by atoms with Crippen molar-refractivity contribution in [2.75, 3.05) is 7.05 Å². The van der Waals surface area contributed by atoms with Crippen molar-refractivity contribution in [3.8, 4) is 0 Å². The van der Waals surface area contributed by atoms with E-state index in [0.717, 1.165) is 12.8 Å². The van der Waals surface area contributed by atoms with E-state index in [1.54, 1.807) is 11.3 Å². The second kappa shape index (κ2) is 4.72. The molecule has 1 N–H and O–H groups in total. The van der Waals surface area contributed by atoms with Crippen LogP contribution in [0.5, 0.6) is 0 Å². The van der Waals surface area contributed by atoms with Crippen molar-refractivity contribution in [1.82, 2.24) is 10.3 Å². The maximum absolute atomic E-state index is 4.41. The number of nitrogens with one attached hydrogen (secondary N) is 1. The number of hydrogen-bond donors (Lipinski definition) is 1. The van der Waals surface area contributed by atoms with Crippen LogP contribution in [0.2, 0.25) is 0 Å². The Balaban J connectivity index is 2.89. The predicted molar refractivity (Wildman–Crippen MR) is 58.1 cm³/mol. The molecule has 0 amide bonds. The number of hydrogen-bond acceptors (Lipinski definition) is 3. The molecular weight excluding hydrogens is 180 g/mol. The second-order valence-corrected chi connectivity index (χ2v) is 4.17. The Bertz CT molecular complexity index is 227. The summed E-state index contributed by atoms with van der Waals surface area (Å²) >= 11 is 1.75. The average Bonchev–Trinajstić information content (AvgIpc) is 2.68. The van der Waals surface area contributed by atoms with Gasteiger partial charge in [0.1, 0.15) is 5.01 Å². The molecule has 0 aliphatic heterocycles. The lowest BCUT2D eigenvalue weighted by Crippen LogP contribution is -2.39. The number of rotatable bonds is 5. The lowest BCUT2D eigenvalue weighted by Gasteiger charge is -2.30. The lowest BCUT2D eigenvalue weighted by molar-refractivity contribution is 0.316. The second-order valence-electron chi connectivity index (χ2n) is 3.27. The first kappa shape index (κ1) is 10.7. The van der Waals surface area contributed by atoms with Crippen LogP contribution >= 0.6 is 11.3 Å². The molecule has 0 fully saturated rings. The lowest BCUT2D eigenvalue weighted by atomic mass is 9.91. The van der Waals surface area contributed by atoms with Crippen molar-refractivity contribution in [3.63, 3.8) is 0 Å². The molecule has 1 heterocycles. The van der Waals surface area contributed by atoms with E-state index in [9.17, 15) is 0 Å². The van der Waals surface area contributed by atoms with Crippen LogP contribution in [0.15, 0.2) is 11.6 Å². The summed E-state index contributed by atoms with van der Waals surface area (Å²) in [6, 6.07) is 0. The molecule has 2 nitrogen and oxygen atoms in total. The highest BCUT2D eigenvalue weighted by atomic mass is 32.1. The number of nitrogens with zero attached hydrogens (tertiary/aromatic N) is 1. The van der Waals surface area contributed by atoms with Crippen LogP contribution in [0.1, 0.15) is 38.1 Å². The molecule has 0 aliphatic carbocycles. The predicted octanol–water partition coefficient (Wildman–Crippen LogP) is 2.77. The Labute approximate surface area is 84.4 Å². The number of aromatic nitrogens is 1. The van der Waals surface area contributed by atoms with Crippen molar-refractivity contribution in [3.05, 3.63) is 16.6 Å². The van der Waals surface area contributed by atoms with Gasteiger partial charge in [0, 0.05) is 11.6 Å². The maximum Gasteiger partial charge on any atom is 0.113 e. The Morgan fingerprint density at radius 3 is 2.69 bits per heavy atom. The Morgan fingerprint density at radius 1 is 1.54 bits per heavy atom. The van der Waals surface area contributed by atoms with Gasteiger partial charge < -0.3 is 5.32 Å². The summed E-state index contributed by atoms with van der Waals surface area (Å²) < 4.78 is 0. The highest BCUT2D eigenvalue weighted by Crippen LogP contribution is 2.30. The molecule has 74 valence electrons. The standard InChI is InChI=1S/C10H18N2S/c1-4-6-10(5-2,11-3)9-12-7-8-13-9/h7-8,11H,4-6H2,1-3H3. The van der Waals surface area contributed by atoms with E-state index >= 15 is 0 Å². The molecule has 0 bridgehead atoms. The minimum atomic E-state index is 0.114. The Morgan fingerprint density at radius 2 is 2.31 bits per heavy atom. The fourth-order valence-electron chi connectivity index (χ4n) is 1.73. The summed E-state index contributed by atoms with van der Waals surface area (Å²) in [5, 5.41) is 6.69. The molecule has 1 atom stereocenters. The molecule has 1 aromatic rings. The smallest absolute Gasteiger partial charge is 0.113 e. The van der Waals surface area contributed by atoms with Crippen molar-refractivity contribution in [1.29, 1.82) is 0 Å². The van der Waals surface area contributed by atoms with Crippen LogP contribution in [-0.4, -0.2) is 12.0 Å². The van der Waals surface area contributed by atoms with E-state index in [1.807, 2.05) is 18.6 Å². The molecule has 0 spiro atoms. The third-order valence-corrected chi connectivity index (χ3v) is 3.58. The monoisotopic (exact) mass is 198 g/mol. The van der Waals surface area contributed by atoms with Crippen LogP contribution in [-0.2, 0) is 5.54 Å². The Hall–Kier alpha value is -0.410. The van der Waals surface area contributed by atoms with E-state index in [-0.39, 0.29) is 5.54 Å². The summed E-state index contributed by atoms with van der Waals surface area (Å²) in [6.45, 7) is 4.43. The van der Waals surface area contributed by atoms with Gasteiger partial charge in [0.15, 0.2) is 0 Å². The quantitative estimate of drug-likeness (QED) is 0.787. The summed E-state index contributed by atoms with van der Waals surface area (Å²) in [5.41, 5.74) is 0.114. The van der Waals surface area contributed by atoms with Gasteiger partial charge >= 0.3 is 0 Å². The van der Waals surface area contributed by atoms with E-state index < -0.39 is 0 Å². The summed E-state index contributed by atoms with van der Waals surface area (Å²) in [7, 11) is 2.03. The summed E-state index contributed by atoms with van der Waals surface area (Å²) in [6.07, 6.45) is 5.34. The fourth-order valence-corrected chi connectivity index (χ4v) is 2.68. The van der Waals surface area contributed by atoms with Gasteiger partial charge in [-0.25, -0.2) is 4.98 Å². The molecule has 0 saturated carbocycles. The van der Waals surface area contributed by atoms with Crippen molar-refractivity contribution in [2.24, 2.45) is 0 Å². The molecule has 13 heavy (non-hydrogen) atoms. The molecule has 1 aromatic heterocycles. The molecule has 1 rings (SSSR count). The zero-order valence-electron chi connectivity index (χ0n) is 8.63. The molecular formula is C10H18N2S. The zero-order chi connectivity index (χ0) is 9.73. The van der Waals surface area contributed by atoms with Crippen LogP contribution in [0.25, 0.3) is 0 Å².